The van der Waals surface area contributed by atoms with Crippen LogP contribution in [0.3, 0.4) is 0 Å². The number of rotatable bonds is 5. The summed E-state index contributed by atoms with van der Waals surface area (Å²) in [7, 11) is 3.07. The van der Waals surface area contributed by atoms with E-state index in [0.717, 1.165) is 0 Å². The van der Waals surface area contributed by atoms with Gasteiger partial charge in [-0.1, -0.05) is 121 Å². The third kappa shape index (κ3) is 4.85. The van der Waals surface area contributed by atoms with E-state index in [1.54, 1.807) is 0 Å². The van der Waals surface area contributed by atoms with E-state index in [4.69, 9.17) is 0 Å². The first-order valence-corrected chi connectivity index (χ1v) is 10.2. The van der Waals surface area contributed by atoms with Crippen LogP contribution in [0.1, 0.15) is 27.9 Å². The van der Waals surface area contributed by atoms with E-state index in [2.05, 4.69) is 131 Å². The van der Waals surface area contributed by atoms with E-state index >= 15 is 0 Å². The Kier molecular flexibility index (Phi) is 7.42. The molecule has 2 unspecified atom stereocenters. The minimum absolute atomic E-state index is 0. The van der Waals surface area contributed by atoms with E-state index < -0.39 is 0 Å². The fourth-order valence-electron chi connectivity index (χ4n) is 3.61. The van der Waals surface area contributed by atoms with Crippen LogP contribution in [-0.4, -0.2) is 0 Å². The van der Waals surface area contributed by atoms with Gasteiger partial charge in [0.2, 0.25) is 0 Å². The van der Waals surface area contributed by atoms with Crippen molar-refractivity contribution >= 4 is 32.8 Å². The predicted molar refractivity (Wildman–Crippen MR) is 131 cm³/mol. The summed E-state index contributed by atoms with van der Waals surface area (Å²) < 4.78 is 0. The van der Waals surface area contributed by atoms with Gasteiger partial charge in [-0.25, -0.2) is 0 Å². The summed E-state index contributed by atoms with van der Waals surface area (Å²) in [4.78, 5) is 0. The summed E-state index contributed by atoms with van der Waals surface area (Å²) in [6, 6.07) is 42.8. The molecule has 0 aliphatic rings. The van der Waals surface area contributed by atoms with Crippen LogP contribution in [-0.2, 0) is 0 Å². The van der Waals surface area contributed by atoms with Crippen LogP contribution in [0.5, 0.6) is 0 Å². The predicted octanol–water partition coefficient (Wildman–Crippen LogP) is 7.68. The van der Waals surface area contributed by atoms with E-state index in [1.165, 1.54) is 33.4 Å². The normalized spacial score (nSPS) is 11.2. The Labute approximate surface area is 181 Å². The molecule has 0 nitrogen and oxygen atoms in total. The largest absolute Gasteiger partial charge is 0.147 e. The van der Waals surface area contributed by atoms with Crippen LogP contribution in [0.4, 0.5) is 0 Å². The molecule has 0 radical (unpaired) electrons. The van der Waals surface area contributed by atoms with Gasteiger partial charge in [-0.05, 0) is 33.4 Å². The number of hydrogen-bond acceptors (Lipinski definition) is 0. The van der Waals surface area contributed by atoms with Gasteiger partial charge in [0.15, 0.2) is 0 Å². The smallest absolute Gasteiger partial charge is 0.0246 e. The molecule has 0 bridgehead atoms. The molecule has 0 saturated heterocycles. The molecule has 0 aromatic heterocycles. The second-order valence-corrected chi connectivity index (χ2v) is 7.44. The minimum atomic E-state index is 0. The van der Waals surface area contributed by atoms with Crippen molar-refractivity contribution in [1.29, 1.82) is 0 Å². The Morgan fingerprint density at radius 1 is 0.483 bits per heavy atom. The molecule has 4 rings (SSSR count). The molecule has 0 heterocycles. The highest BCUT2D eigenvalue weighted by atomic mass is 35.5. The van der Waals surface area contributed by atoms with Crippen molar-refractivity contribution in [2.75, 3.05) is 0 Å². The highest BCUT2D eigenvalue weighted by molar-refractivity contribution is 7.18. The number of benzene rings is 4. The summed E-state index contributed by atoms with van der Waals surface area (Å²) in [5.74, 6) is 0. The summed E-state index contributed by atoms with van der Waals surface area (Å²) in [5.41, 5.74) is 7.76. The van der Waals surface area contributed by atoms with Crippen molar-refractivity contribution in [2.24, 2.45) is 0 Å². The maximum absolute atomic E-state index is 3.07. The first-order chi connectivity index (χ1) is 13.8. The molecule has 2 atom stereocenters. The lowest BCUT2D eigenvalue weighted by Gasteiger charge is -2.23. The maximum Gasteiger partial charge on any atom is 0.0246 e. The van der Waals surface area contributed by atoms with Gasteiger partial charge in [0, 0.05) is 5.66 Å². The molecule has 0 N–H and O–H groups in total. The van der Waals surface area contributed by atoms with E-state index in [1.807, 2.05) is 0 Å². The second kappa shape index (κ2) is 10.2. The van der Waals surface area contributed by atoms with Gasteiger partial charge in [0.1, 0.15) is 0 Å². The van der Waals surface area contributed by atoms with Gasteiger partial charge in [-0.2, -0.15) is 0 Å². The van der Waals surface area contributed by atoms with Crippen molar-refractivity contribution in [3.05, 3.63) is 144 Å². The number of allylic oxidation sites excluding steroid dienone is 1. The van der Waals surface area contributed by atoms with Crippen molar-refractivity contribution < 1.29 is 0 Å². The maximum atomic E-state index is 3.07. The lowest BCUT2D eigenvalue weighted by atomic mass is 9.86. The quantitative estimate of drug-likeness (QED) is 0.232. The van der Waals surface area contributed by atoms with Crippen molar-refractivity contribution in [3.8, 4) is 0 Å². The molecule has 0 saturated carbocycles. The zero-order valence-corrected chi connectivity index (χ0v) is 18.1. The highest BCUT2D eigenvalue weighted by Crippen LogP contribution is 2.44. The fourth-order valence-corrected chi connectivity index (χ4v) is 4.19. The van der Waals surface area contributed by atoms with Crippen LogP contribution in [0.15, 0.2) is 121 Å². The van der Waals surface area contributed by atoms with E-state index in [-0.39, 0.29) is 18.1 Å². The van der Waals surface area contributed by atoms with Gasteiger partial charge in [-0.3, -0.25) is 0 Å². The molecule has 2 heteroatoms. The van der Waals surface area contributed by atoms with Crippen molar-refractivity contribution in [2.45, 2.75) is 5.66 Å². The Morgan fingerprint density at radius 3 is 1.24 bits per heavy atom. The number of halogens is 1. The molecule has 0 aliphatic heterocycles. The van der Waals surface area contributed by atoms with Gasteiger partial charge in [0.25, 0.3) is 0 Å². The molecule has 4 aromatic rings. The van der Waals surface area contributed by atoms with Crippen LogP contribution >= 0.6 is 21.6 Å². The van der Waals surface area contributed by atoms with Gasteiger partial charge in [-0.15, -0.1) is 21.6 Å². The third-order valence-electron chi connectivity index (χ3n) is 4.95. The van der Waals surface area contributed by atoms with Crippen LogP contribution < -0.4 is 0 Å². The molecular formula is C27H24ClP. The third-order valence-corrected chi connectivity index (χ3v) is 5.67. The molecular weight excluding hydrogens is 391 g/mol. The lowest BCUT2D eigenvalue weighted by molar-refractivity contribution is 1.24. The number of hydrogen-bond donors (Lipinski definition) is 0. The monoisotopic (exact) mass is 414 g/mol. The fraction of sp³-hybridized carbons (Fsp3) is 0.0370. The van der Waals surface area contributed by atoms with E-state index in [9.17, 15) is 0 Å². The standard InChI is InChI=1S/C27H23P.ClH/c28-27(24-19-11-4-12-20-24)26(23-17-9-3-10-18-23)25(21-13-5-1-6-14-21)22-15-7-2-8-16-22;/h1-20,27H,28H2;1H. The molecule has 0 aliphatic carbocycles. The zero-order chi connectivity index (χ0) is 19.2. The topological polar surface area (TPSA) is 0 Å². The van der Waals surface area contributed by atoms with Crippen LogP contribution in [0.2, 0.25) is 0 Å². The van der Waals surface area contributed by atoms with Crippen molar-refractivity contribution in [3.63, 3.8) is 0 Å². The Hall–Kier alpha value is -2.66. The minimum Gasteiger partial charge on any atom is -0.147 e. The Balaban J connectivity index is 0.00000240. The summed E-state index contributed by atoms with van der Waals surface area (Å²) in [6.45, 7) is 0. The van der Waals surface area contributed by atoms with E-state index in [0.29, 0.717) is 0 Å². The van der Waals surface area contributed by atoms with Gasteiger partial charge < -0.3 is 0 Å². The first-order valence-electron chi connectivity index (χ1n) is 9.55. The Morgan fingerprint density at radius 2 is 0.828 bits per heavy atom. The SMILES string of the molecule is Cl.PC(C(=C(c1ccccc1)c1ccccc1)c1ccccc1)c1ccccc1. The average molecular weight is 415 g/mol. The second-order valence-electron chi connectivity index (χ2n) is 6.78. The van der Waals surface area contributed by atoms with Crippen LogP contribution in [0, 0.1) is 0 Å². The summed E-state index contributed by atoms with van der Waals surface area (Å²) in [5, 5.41) is 0. The molecule has 29 heavy (non-hydrogen) atoms. The van der Waals surface area contributed by atoms with Gasteiger partial charge >= 0.3 is 0 Å². The van der Waals surface area contributed by atoms with Gasteiger partial charge in [0.05, 0.1) is 0 Å². The highest BCUT2D eigenvalue weighted by Gasteiger charge is 2.20. The molecule has 0 spiro atoms. The molecule has 0 amide bonds. The molecule has 144 valence electrons. The summed E-state index contributed by atoms with van der Waals surface area (Å²) >= 11 is 0. The zero-order valence-electron chi connectivity index (χ0n) is 16.1. The van der Waals surface area contributed by atoms with Crippen LogP contribution in [0.25, 0.3) is 11.1 Å². The average Bonchev–Trinajstić information content (AvgIpc) is 2.79. The molecule has 0 fully saturated rings. The van der Waals surface area contributed by atoms with Crippen molar-refractivity contribution in [1.82, 2.24) is 0 Å². The molecule has 4 aromatic carbocycles. The lowest BCUT2D eigenvalue weighted by Crippen LogP contribution is -2.01. The summed E-state index contributed by atoms with van der Waals surface area (Å²) in [6.07, 6.45) is 0. The Bertz CT molecular complexity index is 1000. The first kappa shape index (κ1) is 21.1.